The van der Waals surface area contributed by atoms with Gasteiger partial charge in [0.15, 0.2) is 0 Å². The van der Waals surface area contributed by atoms with Crippen molar-refractivity contribution < 1.29 is 0 Å². The van der Waals surface area contributed by atoms with E-state index in [9.17, 15) is 0 Å². The molecule has 66 valence electrons. The number of para-hydroxylation sites is 1. The first-order chi connectivity index (χ1) is 6.42. The van der Waals surface area contributed by atoms with Gasteiger partial charge in [-0.15, -0.1) is 11.3 Å². The SMILES string of the molecule is NC/C=C/c1cccc2scnc12. The van der Waals surface area contributed by atoms with Crippen molar-refractivity contribution in [3.05, 3.63) is 35.3 Å². The lowest BCUT2D eigenvalue weighted by atomic mass is 10.2. The first kappa shape index (κ1) is 8.41. The number of benzene rings is 1. The van der Waals surface area contributed by atoms with E-state index in [0.29, 0.717) is 6.54 Å². The molecular weight excluding hydrogens is 180 g/mol. The smallest absolute Gasteiger partial charge is 0.0884 e. The Morgan fingerprint density at radius 2 is 2.38 bits per heavy atom. The van der Waals surface area contributed by atoms with Crippen LogP contribution in [0.4, 0.5) is 0 Å². The maximum Gasteiger partial charge on any atom is 0.0884 e. The highest BCUT2D eigenvalue weighted by atomic mass is 32.1. The van der Waals surface area contributed by atoms with Crippen LogP contribution in [0.2, 0.25) is 0 Å². The minimum atomic E-state index is 0.570. The van der Waals surface area contributed by atoms with Crippen molar-refractivity contribution in [2.75, 3.05) is 6.54 Å². The fourth-order valence-electron chi connectivity index (χ4n) is 1.24. The zero-order chi connectivity index (χ0) is 9.10. The molecule has 0 aliphatic rings. The summed E-state index contributed by atoms with van der Waals surface area (Å²) in [5.41, 5.74) is 9.47. The van der Waals surface area contributed by atoms with Gasteiger partial charge in [0, 0.05) is 12.1 Å². The van der Waals surface area contributed by atoms with E-state index in [1.807, 2.05) is 29.8 Å². The Hall–Kier alpha value is -1.19. The van der Waals surface area contributed by atoms with Crippen LogP contribution < -0.4 is 5.73 Å². The minimum absolute atomic E-state index is 0.570. The molecule has 2 N–H and O–H groups in total. The molecule has 1 aromatic carbocycles. The standard InChI is InChI=1S/C10H10N2S/c11-6-2-4-8-3-1-5-9-10(8)12-7-13-9/h1-5,7H,6,11H2/b4-2+. The molecule has 0 bridgehead atoms. The Morgan fingerprint density at radius 3 is 3.23 bits per heavy atom. The fourth-order valence-corrected chi connectivity index (χ4v) is 1.95. The maximum absolute atomic E-state index is 5.39. The van der Waals surface area contributed by atoms with Crippen molar-refractivity contribution in [1.29, 1.82) is 0 Å². The van der Waals surface area contributed by atoms with Crippen LogP contribution in [0.5, 0.6) is 0 Å². The summed E-state index contributed by atoms with van der Waals surface area (Å²) in [7, 11) is 0. The van der Waals surface area contributed by atoms with Crippen LogP contribution in [0.25, 0.3) is 16.3 Å². The molecule has 0 saturated heterocycles. The van der Waals surface area contributed by atoms with Crippen LogP contribution in [0.15, 0.2) is 29.8 Å². The molecule has 0 saturated carbocycles. The summed E-state index contributed by atoms with van der Waals surface area (Å²) in [4.78, 5) is 4.30. The van der Waals surface area contributed by atoms with Crippen molar-refractivity contribution in [3.8, 4) is 0 Å². The molecule has 1 aromatic heterocycles. The van der Waals surface area contributed by atoms with Crippen molar-refractivity contribution in [1.82, 2.24) is 4.98 Å². The summed E-state index contributed by atoms with van der Waals surface area (Å²) in [5, 5.41) is 0. The lowest BCUT2D eigenvalue weighted by molar-refractivity contribution is 1.26. The Kier molecular flexibility index (Phi) is 2.38. The molecule has 0 unspecified atom stereocenters. The van der Waals surface area contributed by atoms with E-state index in [2.05, 4.69) is 11.1 Å². The number of hydrogen-bond acceptors (Lipinski definition) is 3. The van der Waals surface area contributed by atoms with Crippen LogP contribution in [-0.2, 0) is 0 Å². The molecule has 0 aliphatic heterocycles. The quantitative estimate of drug-likeness (QED) is 0.789. The van der Waals surface area contributed by atoms with E-state index in [1.54, 1.807) is 11.3 Å². The lowest BCUT2D eigenvalue weighted by Crippen LogP contribution is -1.91. The lowest BCUT2D eigenvalue weighted by Gasteiger charge is -1.93. The topological polar surface area (TPSA) is 38.9 Å². The summed E-state index contributed by atoms with van der Waals surface area (Å²) in [6.07, 6.45) is 3.95. The Bertz CT molecular complexity index is 431. The Balaban J connectivity index is 2.54. The van der Waals surface area contributed by atoms with Crippen LogP contribution in [-0.4, -0.2) is 11.5 Å². The van der Waals surface area contributed by atoms with Crippen molar-refractivity contribution in [2.45, 2.75) is 0 Å². The van der Waals surface area contributed by atoms with E-state index in [1.165, 1.54) is 4.70 Å². The maximum atomic E-state index is 5.39. The number of aromatic nitrogens is 1. The van der Waals surface area contributed by atoms with Gasteiger partial charge in [0.2, 0.25) is 0 Å². The summed E-state index contributed by atoms with van der Waals surface area (Å²) < 4.78 is 1.22. The van der Waals surface area contributed by atoms with E-state index < -0.39 is 0 Å². The van der Waals surface area contributed by atoms with Crippen LogP contribution in [0, 0.1) is 0 Å². The van der Waals surface area contributed by atoms with Crippen molar-refractivity contribution >= 4 is 27.6 Å². The summed E-state index contributed by atoms with van der Waals surface area (Å²) in [5.74, 6) is 0. The highest BCUT2D eigenvalue weighted by molar-refractivity contribution is 7.16. The van der Waals surface area contributed by atoms with Crippen LogP contribution in [0.1, 0.15) is 5.56 Å². The van der Waals surface area contributed by atoms with Gasteiger partial charge in [-0.2, -0.15) is 0 Å². The second-order valence-electron chi connectivity index (χ2n) is 2.68. The molecule has 2 nitrogen and oxygen atoms in total. The Labute approximate surface area is 80.7 Å². The van der Waals surface area contributed by atoms with Gasteiger partial charge < -0.3 is 5.73 Å². The molecule has 2 rings (SSSR count). The summed E-state index contributed by atoms with van der Waals surface area (Å²) >= 11 is 1.66. The first-order valence-corrected chi connectivity index (χ1v) is 4.98. The van der Waals surface area contributed by atoms with Gasteiger partial charge in [-0.1, -0.05) is 24.3 Å². The van der Waals surface area contributed by atoms with Gasteiger partial charge in [-0.3, -0.25) is 0 Å². The largest absolute Gasteiger partial charge is 0.327 e. The molecule has 0 spiro atoms. The van der Waals surface area contributed by atoms with Gasteiger partial charge >= 0.3 is 0 Å². The van der Waals surface area contributed by atoms with Gasteiger partial charge in [0.1, 0.15) is 0 Å². The average molecular weight is 190 g/mol. The molecule has 0 aliphatic carbocycles. The fraction of sp³-hybridized carbons (Fsp3) is 0.100. The monoisotopic (exact) mass is 190 g/mol. The third kappa shape index (κ3) is 1.61. The van der Waals surface area contributed by atoms with Crippen LogP contribution >= 0.6 is 11.3 Å². The highest BCUT2D eigenvalue weighted by Crippen LogP contribution is 2.21. The molecule has 2 aromatic rings. The number of thiazole rings is 1. The van der Waals surface area contributed by atoms with Gasteiger partial charge in [-0.05, 0) is 6.07 Å². The van der Waals surface area contributed by atoms with E-state index in [-0.39, 0.29) is 0 Å². The first-order valence-electron chi connectivity index (χ1n) is 4.10. The third-order valence-electron chi connectivity index (χ3n) is 1.83. The predicted octanol–water partition coefficient (Wildman–Crippen LogP) is 2.27. The normalized spacial score (nSPS) is 11.5. The van der Waals surface area contributed by atoms with Crippen molar-refractivity contribution in [3.63, 3.8) is 0 Å². The Morgan fingerprint density at radius 1 is 1.46 bits per heavy atom. The van der Waals surface area contributed by atoms with Gasteiger partial charge in [0.25, 0.3) is 0 Å². The number of nitrogens with zero attached hydrogens (tertiary/aromatic N) is 1. The number of rotatable bonds is 2. The van der Waals surface area contributed by atoms with Gasteiger partial charge in [-0.25, -0.2) is 4.98 Å². The predicted molar refractivity (Wildman–Crippen MR) is 57.7 cm³/mol. The molecule has 13 heavy (non-hydrogen) atoms. The van der Waals surface area contributed by atoms with Crippen LogP contribution in [0.3, 0.4) is 0 Å². The van der Waals surface area contributed by atoms with Gasteiger partial charge in [0.05, 0.1) is 15.7 Å². The zero-order valence-corrected chi connectivity index (χ0v) is 7.92. The molecule has 0 radical (unpaired) electrons. The summed E-state index contributed by atoms with van der Waals surface area (Å²) in [6.45, 7) is 0.570. The number of nitrogens with two attached hydrogens (primary N) is 1. The number of fused-ring (bicyclic) bond motifs is 1. The minimum Gasteiger partial charge on any atom is -0.327 e. The highest BCUT2D eigenvalue weighted by Gasteiger charge is 1.98. The molecule has 0 fully saturated rings. The third-order valence-corrected chi connectivity index (χ3v) is 2.62. The molecule has 0 atom stereocenters. The second kappa shape index (κ2) is 3.68. The van der Waals surface area contributed by atoms with E-state index in [0.717, 1.165) is 11.1 Å². The summed E-state index contributed by atoms with van der Waals surface area (Å²) in [6, 6.07) is 6.16. The van der Waals surface area contributed by atoms with Crippen molar-refractivity contribution in [2.24, 2.45) is 5.73 Å². The van der Waals surface area contributed by atoms with E-state index >= 15 is 0 Å². The molecule has 3 heteroatoms. The molecule has 1 heterocycles. The molecule has 0 amide bonds. The van der Waals surface area contributed by atoms with E-state index in [4.69, 9.17) is 5.73 Å². The second-order valence-corrected chi connectivity index (χ2v) is 3.57. The average Bonchev–Trinajstić information content (AvgIpc) is 2.62. The zero-order valence-electron chi connectivity index (χ0n) is 7.10. The number of hydrogen-bond donors (Lipinski definition) is 1. The molecular formula is C10H10N2S.